The van der Waals surface area contributed by atoms with Crippen LogP contribution in [0.3, 0.4) is 0 Å². The average molecular weight is 439 g/mol. The van der Waals surface area contributed by atoms with Gasteiger partial charge in [-0.2, -0.15) is 0 Å². The largest absolute Gasteiger partial charge is 0.353 e. The number of piperazine rings is 1. The topological polar surface area (TPSA) is 56.8 Å². The summed E-state index contributed by atoms with van der Waals surface area (Å²) in [7, 11) is 0. The molecule has 7 heteroatoms. The summed E-state index contributed by atoms with van der Waals surface area (Å²) >= 11 is 0. The van der Waals surface area contributed by atoms with Crippen molar-refractivity contribution in [1.29, 1.82) is 0 Å². The average Bonchev–Trinajstić information content (AvgIpc) is 2.85. The fraction of sp³-hybridized carbons (Fsp3) is 0.480. The summed E-state index contributed by atoms with van der Waals surface area (Å²) in [6.45, 7) is 4.53. The van der Waals surface area contributed by atoms with Gasteiger partial charge in [-0.3, -0.25) is 9.59 Å². The van der Waals surface area contributed by atoms with Gasteiger partial charge in [0.15, 0.2) is 0 Å². The van der Waals surface area contributed by atoms with Gasteiger partial charge in [-0.05, 0) is 55.0 Å². The molecule has 4 rings (SSSR count). The van der Waals surface area contributed by atoms with Crippen LogP contribution in [0.15, 0.2) is 48.7 Å². The van der Waals surface area contributed by atoms with Crippen LogP contribution in [-0.2, 0) is 16.0 Å². The Balaban J connectivity index is 1.20. The number of hydrogen-bond donors (Lipinski definition) is 0. The van der Waals surface area contributed by atoms with Crippen molar-refractivity contribution in [3.05, 3.63) is 60.0 Å². The number of carbonyl (C=O) groups is 2. The number of amides is 2. The number of halogens is 1. The zero-order valence-corrected chi connectivity index (χ0v) is 18.5. The van der Waals surface area contributed by atoms with Crippen LogP contribution in [0.4, 0.5) is 10.2 Å². The lowest BCUT2D eigenvalue weighted by atomic mass is 9.92. The van der Waals surface area contributed by atoms with E-state index in [4.69, 9.17) is 0 Å². The fourth-order valence-electron chi connectivity index (χ4n) is 4.63. The second-order valence-electron chi connectivity index (χ2n) is 8.75. The predicted molar refractivity (Wildman–Crippen MR) is 122 cm³/mol. The predicted octanol–water partition coefficient (Wildman–Crippen LogP) is 3.13. The molecule has 2 saturated heterocycles. The SMILES string of the molecule is O=C(CC[C@H]1CCCN(C(=O)Cc2ccc(F)cc2)C1)N1CCN(c2ccccn2)CC1. The summed E-state index contributed by atoms with van der Waals surface area (Å²) in [5, 5.41) is 0. The van der Waals surface area contributed by atoms with E-state index >= 15 is 0 Å². The summed E-state index contributed by atoms with van der Waals surface area (Å²) in [6, 6.07) is 12.0. The number of likely N-dealkylation sites (tertiary alicyclic amines) is 1. The molecule has 32 heavy (non-hydrogen) atoms. The Labute approximate surface area is 189 Å². The standard InChI is InChI=1S/C25H31FN4O2/c26-22-9-6-20(7-10-22)18-25(32)30-13-3-4-21(19-30)8-11-24(31)29-16-14-28(15-17-29)23-5-1-2-12-27-23/h1-2,5-7,9-10,12,21H,3-4,8,11,13-19H2/t21-/m1/s1. The Morgan fingerprint density at radius 1 is 0.938 bits per heavy atom. The minimum absolute atomic E-state index is 0.0817. The first kappa shape index (κ1) is 22.2. The van der Waals surface area contributed by atoms with Crippen LogP contribution in [-0.4, -0.2) is 65.9 Å². The van der Waals surface area contributed by atoms with E-state index in [-0.39, 0.29) is 17.6 Å². The van der Waals surface area contributed by atoms with Crippen molar-refractivity contribution in [3.63, 3.8) is 0 Å². The molecule has 1 aromatic carbocycles. The van der Waals surface area contributed by atoms with Gasteiger partial charge in [0, 0.05) is 51.9 Å². The molecule has 3 heterocycles. The first-order valence-corrected chi connectivity index (χ1v) is 11.5. The molecule has 2 fully saturated rings. The molecule has 6 nitrogen and oxygen atoms in total. The van der Waals surface area contributed by atoms with Gasteiger partial charge in [0.25, 0.3) is 0 Å². The normalized spacial score (nSPS) is 19.2. The quantitative estimate of drug-likeness (QED) is 0.695. The van der Waals surface area contributed by atoms with Crippen LogP contribution >= 0.6 is 0 Å². The highest BCUT2D eigenvalue weighted by molar-refractivity contribution is 5.79. The van der Waals surface area contributed by atoms with Gasteiger partial charge in [-0.25, -0.2) is 9.37 Å². The van der Waals surface area contributed by atoms with E-state index in [0.29, 0.717) is 25.3 Å². The maximum atomic E-state index is 13.1. The third-order valence-electron chi connectivity index (χ3n) is 6.51. The Morgan fingerprint density at radius 3 is 2.44 bits per heavy atom. The highest BCUT2D eigenvalue weighted by Crippen LogP contribution is 2.23. The van der Waals surface area contributed by atoms with Crippen molar-refractivity contribution in [2.75, 3.05) is 44.2 Å². The molecule has 0 unspecified atom stereocenters. The van der Waals surface area contributed by atoms with Gasteiger partial charge in [0.2, 0.25) is 11.8 Å². The second-order valence-corrected chi connectivity index (χ2v) is 8.75. The Morgan fingerprint density at radius 2 is 1.72 bits per heavy atom. The van der Waals surface area contributed by atoms with Gasteiger partial charge in [0.05, 0.1) is 6.42 Å². The number of benzene rings is 1. The van der Waals surface area contributed by atoms with Gasteiger partial charge in [0.1, 0.15) is 11.6 Å². The number of pyridine rings is 1. The minimum atomic E-state index is -0.290. The zero-order valence-electron chi connectivity index (χ0n) is 18.5. The highest BCUT2D eigenvalue weighted by Gasteiger charge is 2.26. The molecule has 2 aliphatic heterocycles. The summed E-state index contributed by atoms with van der Waals surface area (Å²) < 4.78 is 13.1. The van der Waals surface area contributed by atoms with E-state index in [9.17, 15) is 14.0 Å². The fourth-order valence-corrected chi connectivity index (χ4v) is 4.63. The number of hydrogen-bond acceptors (Lipinski definition) is 4. The minimum Gasteiger partial charge on any atom is -0.353 e. The van der Waals surface area contributed by atoms with Gasteiger partial charge in [-0.1, -0.05) is 18.2 Å². The van der Waals surface area contributed by atoms with Crippen molar-refractivity contribution < 1.29 is 14.0 Å². The van der Waals surface area contributed by atoms with Crippen molar-refractivity contribution in [1.82, 2.24) is 14.8 Å². The highest BCUT2D eigenvalue weighted by atomic mass is 19.1. The molecule has 1 aromatic heterocycles. The molecule has 0 aliphatic carbocycles. The van der Waals surface area contributed by atoms with E-state index in [2.05, 4.69) is 9.88 Å². The van der Waals surface area contributed by atoms with E-state index in [0.717, 1.165) is 63.4 Å². The van der Waals surface area contributed by atoms with Crippen LogP contribution in [0.2, 0.25) is 0 Å². The summed E-state index contributed by atoms with van der Waals surface area (Å²) in [5.41, 5.74) is 0.832. The van der Waals surface area contributed by atoms with Crippen molar-refractivity contribution >= 4 is 17.6 Å². The van der Waals surface area contributed by atoms with Gasteiger partial charge < -0.3 is 14.7 Å². The lowest BCUT2D eigenvalue weighted by Gasteiger charge is -2.36. The Kier molecular flexibility index (Phi) is 7.35. The third kappa shape index (κ3) is 5.84. The Bertz CT molecular complexity index is 898. The lowest BCUT2D eigenvalue weighted by Crippen LogP contribution is -2.49. The molecule has 0 bridgehead atoms. The van der Waals surface area contributed by atoms with Crippen LogP contribution in [0, 0.1) is 11.7 Å². The smallest absolute Gasteiger partial charge is 0.226 e. The molecule has 0 N–H and O–H groups in total. The van der Waals surface area contributed by atoms with E-state index < -0.39 is 0 Å². The van der Waals surface area contributed by atoms with Crippen molar-refractivity contribution in [2.24, 2.45) is 5.92 Å². The molecule has 2 amide bonds. The zero-order chi connectivity index (χ0) is 22.3. The summed E-state index contributed by atoms with van der Waals surface area (Å²) in [4.78, 5) is 35.9. The molecule has 0 saturated carbocycles. The maximum absolute atomic E-state index is 13.1. The molecular weight excluding hydrogens is 407 g/mol. The first-order valence-electron chi connectivity index (χ1n) is 11.5. The molecule has 2 aliphatic rings. The van der Waals surface area contributed by atoms with E-state index in [1.807, 2.05) is 28.0 Å². The van der Waals surface area contributed by atoms with Crippen LogP contribution in [0.1, 0.15) is 31.2 Å². The summed E-state index contributed by atoms with van der Waals surface area (Å²) in [6.07, 6.45) is 5.48. The molecular formula is C25H31FN4O2. The monoisotopic (exact) mass is 438 g/mol. The van der Waals surface area contributed by atoms with E-state index in [1.165, 1.54) is 12.1 Å². The number of piperidine rings is 1. The molecule has 1 atom stereocenters. The van der Waals surface area contributed by atoms with Gasteiger partial charge >= 0.3 is 0 Å². The second kappa shape index (κ2) is 10.6. The first-order chi connectivity index (χ1) is 15.6. The van der Waals surface area contributed by atoms with Crippen molar-refractivity contribution in [3.8, 4) is 0 Å². The number of nitrogens with zero attached hydrogens (tertiary/aromatic N) is 4. The third-order valence-corrected chi connectivity index (χ3v) is 6.51. The molecule has 0 spiro atoms. The number of carbonyl (C=O) groups excluding carboxylic acids is 2. The molecule has 170 valence electrons. The number of aromatic nitrogens is 1. The van der Waals surface area contributed by atoms with Gasteiger partial charge in [-0.15, -0.1) is 0 Å². The van der Waals surface area contributed by atoms with Crippen LogP contribution in [0.5, 0.6) is 0 Å². The van der Waals surface area contributed by atoms with Crippen molar-refractivity contribution in [2.45, 2.75) is 32.1 Å². The van der Waals surface area contributed by atoms with Crippen LogP contribution in [0.25, 0.3) is 0 Å². The maximum Gasteiger partial charge on any atom is 0.226 e. The number of anilines is 1. The van der Waals surface area contributed by atoms with Crippen LogP contribution < -0.4 is 4.90 Å². The van der Waals surface area contributed by atoms with E-state index in [1.54, 1.807) is 18.3 Å². The molecule has 2 aromatic rings. The number of rotatable bonds is 6. The lowest BCUT2D eigenvalue weighted by molar-refractivity contribution is -0.132. The summed E-state index contributed by atoms with van der Waals surface area (Å²) in [5.74, 6) is 1.33. The Hall–Kier alpha value is -2.96. The molecule has 0 radical (unpaired) electrons.